The number of nitrogens with zero attached hydrogens (tertiary/aromatic N) is 2. The predicted molar refractivity (Wildman–Crippen MR) is 46.1 cm³/mol. The van der Waals surface area contributed by atoms with Gasteiger partial charge in [-0.3, -0.25) is 9.59 Å². The monoisotopic (exact) mass is 238 g/mol. The van der Waals surface area contributed by atoms with Crippen molar-refractivity contribution in [2.75, 3.05) is 0 Å². The molecule has 0 saturated carbocycles. The SMILES string of the molecule is O=C(O)Cn1ncc(Cl)c(C(F)F)c1=O. The number of rotatable bonds is 3. The van der Waals surface area contributed by atoms with Crippen LogP contribution < -0.4 is 5.56 Å². The summed E-state index contributed by atoms with van der Waals surface area (Å²) in [7, 11) is 0. The van der Waals surface area contributed by atoms with Crippen LogP contribution in [0.2, 0.25) is 5.02 Å². The number of carboxylic acids is 1. The number of alkyl halides is 2. The van der Waals surface area contributed by atoms with Crippen molar-refractivity contribution in [3.63, 3.8) is 0 Å². The van der Waals surface area contributed by atoms with Gasteiger partial charge in [0.05, 0.1) is 11.2 Å². The molecule has 82 valence electrons. The van der Waals surface area contributed by atoms with Crippen LogP contribution in [0.1, 0.15) is 12.0 Å². The van der Waals surface area contributed by atoms with Gasteiger partial charge in [0.15, 0.2) is 0 Å². The Morgan fingerprint density at radius 1 is 1.67 bits per heavy atom. The Morgan fingerprint density at radius 3 is 2.73 bits per heavy atom. The molecule has 0 spiro atoms. The third-order valence-corrected chi connectivity index (χ3v) is 1.84. The van der Waals surface area contributed by atoms with Crippen LogP contribution in [0.4, 0.5) is 8.78 Å². The molecule has 8 heteroatoms. The molecule has 1 rings (SSSR count). The maximum absolute atomic E-state index is 12.3. The molecule has 0 unspecified atom stereocenters. The number of aromatic nitrogens is 2. The molecule has 0 aliphatic heterocycles. The zero-order valence-corrected chi connectivity index (χ0v) is 7.91. The standard InChI is InChI=1S/C7H5ClF2N2O3/c8-3-1-11-12(2-4(13)14)7(15)5(3)6(9)10/h1,6H,2H2,(H,13,14). The van der Waals surface area contributed by atoms with Crippen molar-refractivity contribution in [3.05, 3.63) is 27.1 Å². The highest BCUT2D eigenvalue weighted by molar-refractivity contribution is 6.31. The average molecular weight is 239 g/mol. The summed E-state index contributed by atoms with van der Waals surface area (Å²) in [5, 5.41) is 11.2. The molecule has 0 aromatic carbocycles. The molecule has 0 bridgehead atoms. The minimum atomic E-state index is -3.06. The first-order chi connectivity index (χ1) is 6.93. The minimum Gasteiger partial charge on any atom is -0.480 e. The molecule has 0 saturated heterocycles. The van der Waals surface area contributed by atoms with Gasteiger partial charge in [0.1, 0.15) is 12.1 Å². The number of aliphatic carboxylic acids is 1. The number of hydrogen-bond acceptors (Lipinski definition) is 3. The molecule has 0 radical (unpaired) electrons. The lowest BCUT2D eigenvalue weighted by Crippen LogP contribution is -2.29. The summed E-state index contributed by atoms with van der Waals surface area (Å²) >= 11 is 5.33. The van der Waals surface area contributed by atoms with E-state index in [2.05, 4.69) is 5.10 Å². The van der Waals surface area contributed by atoms with Crippen molar-refractivity contribution in [1.29, 1.82) is 0 Å². The average Bonchev–Trinajstić information content (AvgIpc) is 2.09. The van der Waals surface area contributed by atoms with Crippen molar-refractivity contribution in [2.24, 2.45) is 0 Å². The first kappa shape index (κ1) is 11.6. The second-order valence-electron chi connectivity index (χ2n) is 2.56. The summed E-state index contributed by atoms with van der Waals surface area (Å²) < 4.78 is 25.1. The van der Waals surface area contributed by atoms with Gasteiger partial charge in [-0.2, -0.15) is 5.10 Å². The number of carboxylic acid groups (broad SMARTS) is 1. The van der Waals surface area contributed by atoms with Crippen molar-refractivity contribution in [1.82, 2.24) is 9.78 Å². The van der Waals surface area contributed by atoms with E-state index >= 15 is 0 Å². The van der Waals surface area contributed by atoms with Gasteiger partial charge in [-0.05, 0) is 0 Å². The van der Waals surface area contributed by atoms with E-state index in [4.69, 9.17) is 16.7 Å². The highest BCUT2D eigenvalue weighted by Crippen LogP contribution is 2.21. The van der Waals surface area contributed by atoms with E-state index in [0.29, 0.717) is 4.68 Å². The minimum absolute atomic E-state index is 0.412. The lowest BCUT2D eigenvalue weighted by Gasteiger charge is -2.05. The van der Waals surface area contributed by atoms with Crippen molar-refractivity contribution in [3.8, 4) is 0 Å². The molecule has 1 aromatic heterocycles. The smallest absolute Gasteiger partial charge is 0.325 e. The third kappa shape index (κ3) is 2.50. The van der Waals surface area contributed by atoms with E-state index in [1.807, 2.05) is 0 Å². The molecule has 0 aliphatic rings. The summed E-state index contributed by atoms with van der Waals surface area (Å²) in [6, 6.07) is 0. The lowest BCUT2D eigenvalue weighted by atomic mass is 10.3. The normalized spacial score (nSPS) is 10.7. The summed E-state index contributed by atoms with van der Waals surface area (Å²) in [5.74, 6) is -1.35. The number of halogens is 3. The molecule has 5 nitrogen and oxygen atoms in total. The molecular formula is C7H5ClF2N2O3. The van der Waals surface area contributed by atoms with Gasteiger partial charge in [0.25, 0.3) is 12.0 Å². The summed E-state index contributed by atoms with van der Waals surface area (Å²) in [4.78, 5) is 21.5. The summed E-state index contributed by atoms with van der Waals surface area (Å²) in [6.07, 6.45) is -2.25. The van der Waals surface area contributed by atoms with Crippen LogP contribution in [0.5, 0.6) is 0 Å². The number of hydrogen-bond donors (Lipinski definition) is 1. The van der Waals surface area contributed by atoms with Gasteiger partial charge in [-0.15, -0.1) is 0 Å². The molecule has 0 fully saturated rings. The molecule has 0 atom stereocenters. The van der Waals surface area contributed by atoms with Crippen molar-refractivity contribution >= 4 is 17.6 Å². The Balaban J connectivity index is 3.29. The topological polar surface area (TPSA) is 72.2 Å². The Morgan fingerprint density at radius 2 is 2.27 bits per heavy atom. The fourth-order valence-corrected chi connectivity index (χ4v) is 1.13. The van der Waals surface area contributed by atoms with Gasteiger partial charge < -0.3 is 5.11 Å². The van der Waals surface area contributed by atoms with Crippen molar-refractivity contribution < 1.29 is 18.7 Å². The molecule has 0 amide bonds. The Hall–Kier alpha value is -1.50. The van der Waals surface area contributed by atoms with Gasteiger partial charge in [0, 0.05) is 0 Å². The van der Waals surface area contributed by atoms with Crippen LogP contribution in [0.25, 0.3) is 0 Å². The van der Waals surface area contributed by atoms with E-state index in [1.165, 1.54) is 0 Å². The summed E-state index contributed by atoms with van der Waals surface area (Å²) in [5.41, 5.74) is -2.13. The second kappa shape index (κ2) is 4.35. The zero-order valence-electron chi connectivity index (χ0n) is 7.15. The first-order valence-corrected chi connectivity index (χ1v) is 4.06. The highest BCUT2D eigenvalue weighted by Gasteiger charge is 2.19. The highest BCUT2D eigenvalue weighted by atomic mass is 35.5. The van der Waals surface area contributed by atoms with Gasteiger partial charge >= 0.3 is 5.97 Å². The van der Waals surface area contributed by atoms with Crippen LogP contribution >= 0.6 is 11.6 Å². The fourth-order valence-electron chi connectivity index (χ4n) is 0.922. The fraction of sp³-hybridized carbons (Fsp3) is 0.286. The number of carbonyl (C=O) groups is 1. The molecule has 15 heavy (non-hydrogen) atoms. The maximum atomic E-state index is 12.3. The Bertz CT molecular complexity index is 446. The lowest BCUT2D eigenvalue weighted by molar-refractivity contribution is -0.138. The Kier molecular flexibility index (Phi) is 3.35. The van der Waals surface area contributed by atoms with Gasteiger partial charge in [0.2, 0.25) is 0 Å². The maximum Gasteiger partial charge on any atom is 0.325 e. The first-order valence-electron chi connectivity index (χ1n) is 3.69. The molecule has 1 heterocycles. The van der Waals surface area contributed by atoms with Crippen LogP contribution in [-0.2, 0) is 11.3 Å². The van der Waals surface area contributed by atoms with E-state index in [0.717, 1.165) is 6.20 Å². The molecule has 0 aliphatic carbocycles. The van der Waals surface area contributed by atoms with Gasteiger partial charge in [-0.1, -0.05) is 11.6 Å². The van der Waals surface area contributed by atoms with Crippen LogP contribution in [0.15, 0.2) is 11.0 Å². The van der Waals surface area contributed by atoms with Crippen LogP contribution in [0.3, 0.4) is 0 Å². The van der Waals surface area contributed by atoms with Crippen LogP contribution in [-0.4, -0.2) is 20.9 Å². The second-order valence-corrected chi connectivity index (χ2v) is 2.97. The predicted octanol–water partition coefficient (Wildman–Crippen LogP) is 0.919. The van der Waals surface area contributed by atoms with E-state index < -0.39 is 35.1 Å². The molecule has 1 aromatic rings. The zero-order chi connectivity index (χ0) is 11.6. The molecule has 1 N–H and O–H groups in total. The quantitative estimate of drug-likeness (QED) is 0.850. The summed E-state index contributed by atoms with van der Waals surface area (Å²) in [6.45, 7) is -0.782. The van der Waals surface area contributed by atoms with Gasteiger partial charge in [-0.25, -0.2) is 13.5 Å². The van der Waals surface area contributed by atoms with E-state index in [1.54, 1.807) is 0 Å². The largest absolute Gasteiger partial charge is 0.480 e. The van der Waals surface area contributed by atoms with E-state index in [-0.39, 0.29) is 0 Å². The van der Waals surface area contributed by atoms with Crippen LogP contribution in [0, 0.1) is 0 Å². The third-order valence-electron chi connectivity index (χ3n) is 1.54. The van der Waals surface area contributed by atoms with Crippen molar-refractivity contribution in [2.45, 2.75) is 13.0 Å². The Labute approximate surface area is 86.9 Å². The molecular weight excluding hydrogens is 234 g/mol. The van der Waals surface area contributed by atoms with E-state index in [9.17, 15) is 18.4 Å².